The average molecular weight is 386 g/mol. The first-order valence-corrected chi connectivity index (χ1v) is 9.69. The predicted octanol–water partition coefficient (Wildman–Crippen LogP) is 3.65. The molecule has 0 aliphatic carbocycles. The molecule has 0 aliphatic rings. The van der Waals surface area contributed by atoms with Crippen molar-refractivity contribution in [2.75, 3.05) is 6.54 Å². The normalized spacial score (nSPS) is 13.6. The summed E-state index contributed by atoms with van der Waals surface area (Å²) in [4.78, 5) is 25.0. The number of nitrogens with two attached hydrogens (primary N) is 1. The summed E-state index contributed by atoms with van der Waals surface area (Å²) >= 11 is 0. The van der Waals surface area contributed by atoms with Crippen molar-refractivity contribution in [3.63, 3.8) is 0 Å². The zero-order valence-electron chi connectivity index (χ0n) is 17.1. The smallest absolute Gasteiger partial charge is 0.408 e. The van der Waals surface area contributed by atoms with E-state index < -0.39 is 17.7 Å². The Morgan fingerprint density at radius 1 is 1.07 bits per heavy atom. The molecule has 4 N–H and O–H groups in total. The Morgan fingerprint density at radius 2 is 1.75 bits per heavy atom. The summed E-state index contributed by atoms with van der Waals surface area (Å²) in [6.45, 7) is 7.73. The van der Waals surface area contributed by atoms with Crippen molar-refractivity contribution in [2.24, 2.45) is 5.73 Å². The van der Waals surface area contributed by atoms with Crippen LogP contribution in [0.3, 0.4) is 0 Å². The van der Waals surface area contributed by atoms with Gasteiger partial charge in [-0.05, 0) is 63.4 Å². The Kier molecular flexibility index (Phi) is 7.40. The molecule has 0 aliphatic heterocycles. The Balaban J connectivity index is 2.11. The van der Waals surface area contributed by atoms with Gasteiger partial charge in [-0.15, -0.1) is 0 Å². The summed E-state index contributed by atoms with van der Waals surface area (Å²) < 4.78 is 5.28. The van der Waals surface area contributed by atoms with Crippen molar-refractivity contribution in [1.82, 2.24) is 10.6 Å². The molecule has 2 rings (SSSR count). The van der Waals surface area contributed by atoms with E-state index in [0.717, 1.165) is 16.3 Å². The zero-order valence-corrected chi connectivity index (χ0v) is 17.1. The molecule has 152 valence electrons. The van der Waals surface area contributed by atoms with Gasteiger partial charge < -0.3 is 21.1 Å². The standard InChI is InChI=1S/C22H31N3O3/c1-15(17-12-7-10-16-9-5-6-11-18(16)17)24-20(26)19(13-8-14-23)25-21(27)28-22(2,3)4/h5-7,9-12,15,19H,8,13-14,23H2,1-4H3,(H,24,26)(H,25,27). The molecule has 2 atom stereocenters. The molecule has 0 spiro atoms. The lowest BCUT2D eigenvalue weighted by Gasteiger charge is -2.25. The number of nitrogens with one attached hydrogen (secondary N) is 2. The van der Waals surface area contributed by atoms with E-state index >= 15 is 0 Å². The number of benzene rings is 2. The van der Waals surface area contributed by atoms with Crippen LogP contribution >= 0.6 is 0 Å². The van der Waals surface area contributed by atoms with Crippen molar-refractivity contribution in [3.8, 4) is 0 Å². The molecule has 0 bridgehead atoms. The van der Waals surface area contributed by atoms with Crippen LogP contribution in [0.5, 0.6) is 0 Å². The third-order valence-electron chi connectivity index (χ3n) is 4.35. The Bertz CT molecular complexity index is 809. The molecular weight excluding hydrogens is 354 g/mol. The first-order chi connectivity index (χ1) is 13.2. The van der Waals surface area contributed by atoms with Gasteiger partial charge in [-0.1, -0.05) is 42.5 Å². The van der Waals surface area contributed by atoms with E-state index in [0.29, 0.717) is 19.4 Å². The lowest BCUT2D eigenvalue weighted by Crippen LogP contribution is -2.48. The van der Waals surface area contributed by atoms with Crippen LogP contribution in [0, 0.1) is 0 Å². The maximum absolute atomic E-state index is 12.8. The number of amides is 2. The molecule has 2 aromatic rings. The maximum Gasteiger partial charge on any atom is 0.408 e. The van der Waals surface area contributed by atoms with Gasteiger partial charge in [0.05, 0.1) is 6.04 Å². The van der Waals surface area contributed by atoms with Crippen molar-refractivity contribution >= 4 is 22.8 Å². The van der Waals surface area contributed by atoms with Crippen molar-refractivity contribution < 1.29 is 14.3 Å². The van der Waals surface area contributed by atoms with Crippen LogP contribution in [0.4, 0.5) is 4.79 Å². The maximum atomic E-state index is 12.8. The van der Waals surface area contributed by atoms with Crippen LogP contribution in [0.15, 0.2) is 42.5 Å². The lowest BCUT2D eigenvalue weighted by molar-refractivity contribution is -0.124. The van der Waals surface area contributed by atoms with E-state index in [-0.39, 0.29) is 11.9 Å². The summed E-state index contributed by atoms with van der Waals surface area (Å²) in [5, 5.41) is 7.90. The van der Waals surface area contributed by atoms with Gasteiger partial charge in [0.15, 0.2) is 0 Å². The van der Waals surface area contributed by atoms with Gasteiger partial charge in [-0.2, -0.15) is 0 Å². The third-order valence-corrected chi connectivity index (χ3v) is 4.35. The second-order valence-corrected chi connectivity index (χ2v) is 7.93. The van der Waals surface area contributed by atoms with E-state index in [1.807, 2.05) is 49.4 Å². The molecule has 6 heteroatoms. The molecule has 6 nitrogen and oxygen atoms in total. The monoisotopic (exact) mass is 385 g/mol. The average Bonchev–Trinajstić information content (AvgIpc) is 2.63. The zero-order chi connectivity index (χ0) is 20.7. The number of hydrogen-bond donors (Lipinski definition) is 3. The molecule has 2 unspecified atom stereocenters. The van der Waals surface area contributed by atoms with Gasteiger partial charge in [0.2, 0.25) is 5.91 Å². The van der Waals surface area contributed by atoms with Gasteiger partial charge in [0, 0.05) is 0 Å². The first kappa shape index (κ1) is 21.7. The summed E-state index contributed by atoms with van der Waals surface area (Å²) in [5.41, 5.74) is 5.99. The highest BCUT2D eigenvalue weighted by Gasteiger charge is 2.25. The van der Waals surface area contributed by atoms with Crippen molar-refractivity contribution in [1.29, 1.82) is 0 Å². The molecule has 2 aromatic carbocycles. The number of carbonyl (C=O) groups excluding carboxylic acids is 2. The van der Waals surface area contributed by atoms with Crippen LogP contribution in [0.25, 0.3) is 10.8 Å². The lowest BCUT2D eigenvalue weighted by atomic mass is 9.99. The molecule has 28 heavy (non-hydrogen) atoms. The molecule has 0 aromatic heterocycles. The third kappa shape index (κ3) is 6.23. The summed E-state index contributed by atoms with van der Waals surface area (Å²) in [5.74, 6) is -0.250. The Hall–Kier alpha value is -2.60. The molecule has 2 amide bonds. The van der Waals surface area contributed by atoms with Gasteiger partial charge in [-0.3, -0.25) is 4.79 Å². The summed E-state index contributed by atoms with van der Waals surface area (Å²) in [7, 11) is 0. The topological polar surface area (TPSA) is 93.5 Å². The first-order valence-electron chi connectivity index (χ1n) is 9.69. The minimum absolute atomic E-state index is 0.209. The number of fused-ring (bicyclic) bond motifs is 1. The Morgan fingerprint density at radius 3 is 2.43 bits per heavy atom. The van der Waals surface area contributed by atoms with E-state index in [1.165, 1.54) is 0 Å². The second kappa shape index (κ2) is 9.55. The fourth-order valence-corrected chi connectivity index (χ4v) is 3.06. The fraction of sp³-hybridized carbons (Fsp3) is 0.455. The highest BCUT2D eigenvalue weighted by atomic mass is 16.6. The van der Waals surface area contributed by atoms with Crippen molar-refractivity contribution in [2.45, 2.75) is 58.2 Å². The molecular formula is C22H31N3O3. The van der Waals surface area contributed by atoms with Gasteiger partial charge in [0.1, 0.15) is 11.6 Å². The molecule has 0 heterocycles. The van der Waals surface area contributed by atoms with Crippen LogP contribution < -0.4 is 16.4 Å². The summed E-state index contributed by atoms with van der Waals surface area (Å²) in [6, 6.07) is 13.2. The Labute approximate surface area is 166 Å². The highest BCUT2D eigenvalue weighted by molar-refractivity contribution is 5.88. The molecule has 0 radical (unpaired) electrons. The quantitative estimate of drug-likeness (QED) is 0.678. The second-order valence-electron chi connectivity index (χ2n) is 7.93. The molecule has 0 saturated carbocycles. The van der Waals surface area contributed by atoms with Gasteiger partial charge in [-0.25, -0.2) is 4.79 Å². The van der Waals surface area contributed by atoms with E-state index in [9.17, 15) is 9.59 Å². The van der Waals surface area contributed by atoms with E-state index in [1.54, 1.807) is 20.8 Å². The minimum atomic E-state index is -0.698. The van der Waals surface area contributed by atoms with Crippen LogP contribution in [-0.2, 0) is 9.53 Å². The van der Waals surface area contributed by atoms with Gasteiger partial charge in [0.25, 0.3) is 0 Å². The minimum Gasteiger partial charge on any atom is -0.444 e. The number of hydrogen-bond acceptors (Lipinski definition) is 4. The van der Waals surface area contributed by atoms with E-state index in [4.69, 9.17) is 10.5 Å². The van der Waals surface area contributed by atoms with Crippen molar-refractivity contribution in [3.05, 3.63) is 48.0 Å². The largest absolute Gasteiger partial charge is 0.444 e. The molecule has 0 fully saturated rings. The fourth-order valence-electron chi connectivity index (χ4n) is 3.06. The van der Waals surface area contributed by atoms with Crippen LogP contribution in [0.2, 0.25) is 0 Å². The summed E-state index contributed by atoms with van der Waals surface area (Å²) in [6.07, 6.45) is 0.461. The number of rotatable bonds is 7. The van der Waals surface area contributed by atoms with Gasteiger partial charge >= 0.3 is 6.09 Å². The number of carbonyl (C=O) groups is 2. The number of ether oxygens (including phenoxy) is 1. The highest BCUT2D eigenvalue weighted by Crippen LogP contribution is 2.24. The van der Waals surface area contributed by atoms with E-state index in [2.05, 4.69) is 10.6 Å². The molecule has 0 saturated heterocycles. The predicted molar refractivity (Wildman–Crippen MR) is 112 cm³/mol. The SMILES string of the molecule is CC(NC(=O)C(CCCN)NC(=O)OC(C)(C)C)c1cccc2ccccc12. The number of alkyl carbamates (subject to hydrolysis) is 1. The van der Waals surface area contributed by atoms with Crippen LogP contribution in [-0.4, -0.2) is 30.2 Å². The van der Waals surface area contributed by atoms with Crippen LogP contribution in [0.1, 0.15) is 52.1 Å².